The zero-order valence-electron chi connectivity index (χ0n) is 19.5. The summed E-state index contributed by atoms with van der Waals surface area (Å²) in [6.45, 7) is 1.89. The fourth-order valence-corrected chi connectivity index (χ4v) is 3.08. The van der Waals surface area contributed by atoms with Gasteiger partial charge < -0.3 is 10.2 Å². The van der Waals surface area contributed by atoms with Crippen molar-refractivity contribution < 1.29 is 9.59 Å². The maximum atomic E-state index is 12.9. The predicted octanol–water partition coefficient (Wildman–Crippen LogP) is 4.73. The molecule has 2 N–H and O–H groups in total. The minimum Gasteiger partial charge on any atom is -0.378 e. The maximum Gasteiger partial charge on any atom is 0.287 e. The molecule has 0 heterocycles. The van der Waals surface area contributed by atoms with Crippen LogP contribution in [0.25, 0.3) is 12.2 Å². The zero-order chi connectivity index (χ0) is 24.3. The molecule has 0 radical (unpaired) electrons. The lowest BCUT2D eigenvalue weighted by Gasteiger charge is -2.12. The van der Waals surface area contributed by atoms with Crippen molar-refractivity contribution in [2.24, 2.45) is 5.10 Å². The van der Waals surface area contributed by atoms with Crippen molar-refractivity contribution in [3.63, 3.8) is 0 Å². The van der Waals surface area contributed by atoms with Crippen molar-refractivity contribution >= 4 is 35.9 Å². The van der Waals surface area contributed by atoms with Crippen molar-refractivity contribution in [1.82, 2.24) is 10.7 Å². The molecule has 0 aliphatic carbocycles. The lowest BCUT2D eigenvalue weighted by Crippen LogP contribution is -2.32. The number of rotatable bonds is 8. The number of hydrogen-bond donors (Lipinski definition) is 2. The van der Waals surface area contributed by atoms with Crippen molar-refractivity contribution in [3.8, 4) is 0 Å². The molecule has 0 saturated heterocycles. The second-order valence-electron chi connectivity index (χ2n) is 7.86. The SMILES string of the molecule is CC(/C=N/NC(=O)/C(=C/c1ccc(N(C)C)cc1)NC(=O)c1ccccc1)=C\c1ccccc1. The van der Waals surface area contributed by atoms with Gasteiger partial charge in [0.25, 0.3) is 11.8 Å². The topological polar surface area (TPSA) is 73.8 Å². The Kier molecular flexibility index (Phi) is 8.52. The van der Waals surface area contributed by atoms with Gasteiger partial charge in [0.1, 0.15) is 5.70 Å². The third kappa shape index (κ3) is 7.31. The maximum absolute atomic E-state index is 12.9. The monoisotopic (exact) mass is 452 g/mol. The van der Waals surface area contributed by atoms with Crippen LogP contribution in [0, 0.1) is 0 Å². The van der Waals surface area contributed by atoms with E-state index in [0.717, 1.165) is 22.4 Å². The standard InChI is InChI=1S/C28H28N4O2/c1-21(18-22-10-6-4-7-11-22)20-29-31-28(34)26(30-27(33)24-12-8-5-9-13-24)19-23-14-16-25(17-15-23)32(2)3/h4-20H,1-3H3,(H,30,33)(H,31,34)/b21-18+,26-19-,29-20+. The van der Waals surface area contributed by atoms with Crippen LogP contribution in [0.2, 0.25) is 0 Å². The molecule has 6 nitrogen and oxygen atoms in total. The number of allylic oxidation sites excluding steroid dienone is 1. The molecule has 0 spiro atoms. The van der Waals surface area contributed by atoms with E-state index in [0.29, 0.717) is 5.56 Å². The van der Waals surface area contributed by atoms with Crippen LogP contribution in [0.5, 0.6) is 0 Å². The summed E-state index contributed by atoms with van der Waals surface area (Å²) in [5, 5.41) is 6.76. The Morgan fingerprint density at radius 2 is 1.38 bits per heavy atom. The summed E-state index contributed by atoms with van der Waals surface area (Å²) in [6, 6.07) is 26.2. The van der Waals surface area contributed by atoms with E-state index in [1.807, 2.05) is 92.7 Å². The molecule has 34 heavy (non-hydrogen) atoms. The fourth-order valence-electron chi connectivity index (χ4n) is 3.08. The van der Waals surface area contributed by atoms with E-state index in [-0.39, 0.29) is 11.6 Å². The average molecular weight is 453 g/mol. The molecule has 172 valence electrons. The normalized spacial score (nSPS) is 11.9. The molecule has 0 bridgehead atoms. The van der Waals surface area contributed by atoms with Crippen molar-refractivity contribution in [3.05, 3.63) is 113 Å². The molecular formula is C28H28N4O2. The highest BCUT2D eigenvalue weighted by Crippen LogP contribution is 2.14. The summed E-state index contributed by atoms with van der Waals surface area (Å²) < 4.78 is 0. The smallest absolute Gasteiger partial charge is 0.287 e. The van der Waals surface area contributed by atoms with Crippen LogP contribution in [-0.4, -0.2) is 32.1 Å². The minimum absolute atomic E-state index is 0.0910. The molecule has 0 aromatic heterocycles. The second-order valence-corrected chi connectivity index (χ2v) is 7.86. The van der Waals surface area contributed by atoms with Crippen LogP contribution in [0.4, 0.5) is 5.69 Å². The number of anilines is 1. The quantitative estimate of drug-likeness (QED) is 0.295. The molecule has 6 heteroatoms. The Balaban J connectivity index is 1.78. The molecule has 0 fully saturated rings. The van der Waals surface area contributed by atoms with Crippen molar-refractivity contribution in [2.75, 3.05) is 19.0 Å². The van der Waals surface area contributed by atoms with Crippen molar-refractivity contribution in [2.45, 2.75) is 6.92 Å². The van der Waals surface area contributed by atoms with Gasteiger partial charge in [-0.3, -0.25) is 9.59 Å². The summed E-state index contributed by atoms with van der Waals surface area (Å²) in [5.74, 6) is -0.902. The minimum atomic E-state index is -0.523. The molecule has 0 aliphatic heterocycles. The molecule has 2 amide bonds. The number of carbonyl (C=O) groups excluding carboxylic acids is 2. The van der Waals surface area contributed by atoms with Gasteiger partial charge in [0.15, 0.2) is 0 Å². The number of hydrazone groups is 1. The third-order valence-electron chi connectivity index (χ3n) is 4.88. The van der Waals surface area contributed by atoms with Gasteiger partial charge in [0.05, 0.1) is 6.21 Å². The van der Waals surface area contributed by atoms with Crippen LogP contribution < -0.4 is 15.6 Å². The number of benzene rings is 3. The van der Waals surface area contributed by atoms with Crippen LogP contribution in [0.1, 0.15) is 28.4 Å². The van der Waals surface area contributed by atoms with E-state index in [1.54, 1.807) is 36.6 Å². The summed E-state index contributed by atoms with van der Waals surface area (Å²) in [5.41, 5.74) is 6.75. The van der Waals surface area contributed by atoms with E-state index in [4.69, 9.17) is 0 Å². The van der Waals surface area contributed by atoms with Crippen LogP contribution in [0.3, 0.4) is 0 Å². The number of carbonyl (C=O) groups is 2. The number of nitrogens with one attached hydrogen (secondary N) is 2. The zero-order valence-corrected chi connectivity index (χ0v) is 19.5. The largest absolute Gasteiger partial charge is 0.378 e. The Morgan fingerprint density at radius 3 is 2.00 bits per heavy atom. The molecule has 3 aromatic carbocycles. The Hall–Kier alpha value is -4.45. The first-order valence-electron chi connectivity index (χ1n) is 10.8. The first kappa shape index (κ1) is 24.2. The van der Waals surface area contributed by atoms with Gasteiger partial charge in [-0.25, -0.2) is 5.43 Å². The Morgan fingerprint density at radius 1 is 0.794 bits per heavy atom. The van der Waals surface area contributed by atoms with Gasteiger partial charge in [0, 0.05) is 25.3 Å². The predicted molar refractivity (Wildman–Crippen MR) is 139 cm³/mol. The summed E-state index contributed by atoms with van der Waals surface area (Å²) in [6.07, 6.45) is 5.14. The number of hydrogen-bond acceptors (Lipinski definition) is 4. The average Bonchev–Trinajstić information content (AvgIpc) is 2.85. The second kappa shape index (κ2) is 12.0. The first-order valence-corrected chi connectivity index (χ1v) is 10.8. The van der Waals surface area contributed by atoms with Crippen LogP contribution in [-0.2, 0) is 4.79 Å². The molecule has 3 aromatic rings. The van der Waals surface area contributed by atoms with E-state index >= 15 is 0 Å². The fraction of sp³-hybridized carbons (Fsp3) is 0.107. The molecule has 0 unspecified atom stereocenters. The molecule has 0 aliphatic rings. The highest BCUT2D eigenvalue weighted by molar-refractivity contribution is 6.05. The highest BCUT2D eigenvalue weighted by atomic mass is 16.2. The molecule has 0 atom stereocenters. The number of nitrogens with zero attached hydrogens (tertiary/aromatic N) is 2. The van der Waals surface area contributed by atoms with Gasteiger partial charge in [-0.2, -0.15) is 5.10 Å². The van der Waals surface area contributed by atoms with Gasteiger partial charge in [-0.1, -0.05) is 66.7 Å². The third-order valence-corrected chi connectivity index (χ3v) is 4.88. The Labute approximate surface area is 200 Å². The molecule has 0 saturated carbocycles. The van der Waals surface area contributed by atoms with E-state index in [2.05, 4.69) is 15.8 Å². The lowest BCUT2D eigenvalue weighted by atomic mass is 10.1. The van der Waals surface area contributed by atoms with Crippen LogP contribution in [0.15, 0.2) is 101 Å². The molecule has 3 rings (SSSR count). The van der Waals surface area contributed by atoms with Gasteiger partial charge >= 0.3 is 0 Å². The lowest BCUT2D eigenvalue weighted by molar-refractivity contribution is -0.117. The highest BCUT2D eigenvalue weighted by Gasteiger charge is 2.14. The van der Waals surface area contributed by atoms with E-state index in [9.17, 15) is 9.59 Å². The van der Waals surface area contributed by atoms with E-state index < -0.39 is 5.91 Å². The van der Waals surface area contributed by atoms with Crippen LogP contribution >= 0.6 is 0 Å². The summed E-state index contributed by atoms with van der Waals surface area (Å²) in [7, 11) is 3.91. The van der Waals surface area contributed by atoms with Crippen molar-refractivity contribution in [1.29, 1.82) is 0 Å². The van der Waals surface area contributed by atoms with Gasteiger partial charge in [0.2, 0.25) is 0 Å². The van der Waals surface area contributed by atoms with E-state index in [1.165, 1.54) is 0 Å². The summed E-state index contributed by atoms with van der Waals surface area (Å²) >= 11 is 0. The summed E-state index contributed by atoms with van der Waals surface area (Å²) in [4.78, 5) is 27.6. The molecular weight excluding hydrogens is 424 g/mol. The van der Waals surface area contributed by atoms with Gasteiger partial charge in [-0.15, -0.1) is 0 Å². The first-order chi connectivity index (χ1) is 16.4. The Bertz CT molecular complexity index is 1200. The van der Waals surface area contributed by atoms with Gasteiger partial charge in [-0.05, 0) is 54.0 Å². The number of amides is 2.